The number of pyridine rings is 1. The number of benzene rings is 1. The molecule has 1 aromatic carbocycles. The molecule has 2 aromatic heterocycles. The summed E-state index contributed by atoms with van der Waals surface area (Å²) in [7, 11) is 0. The van der Waals surface area contributed by atoms with E-state index < -0.39 is 5.97 Å². The van der Waals surface area contributed by atoms with E-state index in [0.717, 1.165) is 11.3 Å². The number of hydrogen-bond donors (Lipinski definition) is 1. The smallest absolute Gasteiger partial charge is 0.347 e. The quantitative estimate of drug-likeness (QED) is 0.781. The minimum Gasteiger partial charge on any atom is -0.487 e. The van der Waals surface area contributed by atoms with Crippen LogP contribution in [0.15, 0.2) is 54.7 Å². The highest BCUT2D eigenvalue weighted by atomic mass is 32.1. The van der Waals surface area contributed by atoms with Gasteiger partial charge < -0.3 is 9.84 Å². The van der Waals surface area contributed by atoms with Gasteiger partial charge >= 0.3 is 5.97 Å². The molecule has 0 radical (unpaired) electrons. The van der Waals surface area contributed by atoms with Gasteiger partial charge in [-0.2, -0.15) is 0 Å². The molecule has 3 aromatic rings. The molecule has 0 atom stereocenters. The fourth-order valence-corrected chi connectivity index (χ4v) is 2.77. The van der Waals surface area contributed by atoms with Crippen LogP contribution in [0.2, 0.25) is 0 Å². The molecular weight excluding hydrogens is 300 g/mol. The minimum atomic E-state index is -1.01. The number of rotatable bonds is 5. The Balaban J connectivity index is 1.86. The third-order valence-electron chi connectivity index (χ3n) is 2.89. The molecule has 0 aliphatic heterocycles. The molecule has 22 heavy (non-hydrogen) atoms. The van der Waals surface area contributed by atoms with E-state index in [0.29, 0.717) is 22.1 Å². The highest BCUT2D eigenvalue weighted by molar-refractivity contribution is 7.17. The van der Waals surface area contributed by atoms with Gasteiger partial charge in [-0.05, 0) is 24.3 Å². The van der Waals surface area contributed by atoms with Crippen LogP contribution in [-0.2, 0) is 6.61 Å². The Morgan fingerprint density at radius 1 is 1.14 bits per heavy atom. The van der Waals surface area contributed by atoms with Crippen molar-refractivity contribution in [2.75, 3.05) is 0 Å². The van der Waals surface area contributed by atoms with Crippen LogP contribution in [0.1, 0.15) is 15.4 Å². The Morgan fingerprint density at radius 3 is 2.59 bits per heavy atom. The van der Waals surface area contributed by atoms with Gasteiger partial charge in [0.2, 0.25) is 0 Å². The minimum absolute atomic E-state index is 0.106. The SMILES string of the molecule is O=C(O)c1sc(-c2ccccn2)nc1COc1ccccc1. The largest absolute Gasteiger partial charge is 0.487 e. The zero-order valence-corrected chi connectivity index (χ0v) is 12.3. The Bertz CT molecular complexity index is 773. The Hall–Kier alpha value is -2.73. The molecule has 1 N–H and O–H groups in total. The van der Waals surface area contributed by atoms with E-state index in [2.05, 4.69) is 9.97 Å². The average molecular weight is 312 g/mol. The van der Waals surface area contributed by atoms with Crippen molar-refractivity contribution < 1.29 is 14.6 Å². The number of aromatic nitrogens is 2. The fourth-order valence-electron chi connectivity index (χ4n) is 1.88. The zero-order chi connectivity index (χ0) is 15.4. The first-order chi connectivity index (χ1) is 10.7. The summed E-state index contributed by atoms with van der Waals surface area (Å²) in [4.78, 5) is 20.1. The molecule has 0 amide bonds. The predicted octanol–water partition coefficient (Wildman–Crippen LogP) is 3.48. The van der Waals surface area contributed by atoms with Gasteiger partial charge in [-0.3, -0.25) is 4.98 Å². The van der Waals surface area contributed by atoms with E-state index in [1.54, 1.807) is 18.3 Å². The molecule has 0 aliphatic carbocycles. The van der Waals surface area contributed by atoms with Crippen molar-refractivity contribution in [3.05, 3.63) is 65.3 Å². The molecule has 0 saturated carbocycles. The maximum absolute atomic E-state index is 11.4. The van der Waals surface area contributed by atoms with E-state index in [1.165, 1.54) is 0 Å². The van der Waals surface area contributed by atoms with Crippen molar-refractivity contribution in [3.63, 3.8) is 0 Å². The molecule has 5 nitrogen and oxygen atoms in total. The topological polar surface area (TPSA) is 72.3 Å². The first kappa shape index (κ1) is 14.2. The van der Waals surface area contributed by atoms with Crippen LogP contribution in [-0.4, -0.2) is 21.0 Å². The van der Waals surface area contributed by atoms with Crippen LogP contribution < -0.4 is 4.74 Å². The second-order valence-electron chi connectivity index (χ2n) is 4.42. The molecule has 2 heterocycles. The van der Waals surface area contributed by atoms with Gasteiger partial charge in [-0.25, -0.2) is 9.78 Å². The second kappa shape index (κ2) is 6.36. The molecule has 0 unspecified atom stereocenters. The third-order valence-corrected chi connectivity index (χ3v) is 4.00. The molecule has 6 heteroatoms. The van der Waals surface area contributed by atoms with Crippen LogP contribution in [0.5, 0.6) is 5.75 Å². The van der Waals surface area contributed by atoms with Gasteiger partial charge in [0, 0.05) is 6.20 Å². The highest BCUT2D eigenvalue weighted by Crippen LogP contribution is 2.27. The van der Waals surface area contributed by atoms with E-state index in [1.807, 2.05) is 36.4 Å². The maximum Gasteiger partial charge on any atom is 0.347 e. The first-order valence-electron chi connectivity index (χ1n) is 6.56. The summed E-state index contributed by atoms with van der Waals surface area (Å²) in [5, 5.41) is 9.89. The summed E-state index contributed by atoms with van der Waals surface area (Å²) in [5.41, 5.74) is 1.06. The Morgan fingerprint density at radius 2 is 1.91 bits per heavy atom. The lowest BCUT2D eigenvalue weighted by Crippen LogP contribution is -2.03. The monoisotopic (exact) mass is 312 g/mol. The summed E-state index contributed by atoms with van der Waals surface area (Å²) >= 11 is 1.10. The third kappa shape index (κ3) is 3.12. The van der Waals surface area contributed by atoms with Crippen LogP contribution >= 0.6 is 11.3 Å². The van der Waals surface area contributed by atoms with Crippen LogP contribution in [0.25, 0.3) is 10.7 Å². The van der Waals surface area contributed by atoms with Gasteiger partial charge in [0.15, 0.2) is 0 Å². The molecular formula is C16H12N2O3S. The number of ether oxygens (including phenoxy) is 1. The van der Waals surface area contributed by atoms with Crippen LogP contribution in [0, 0.1) is 0 Å². The highest BCUT2D eigenvalue weighted by Gasteiger charge is 2.19. The molecule has 3 rings (SSSR count). The fraction of sp³-hybridized carbons (Fsp3) is 0.0625. The Kier molecular flexibility index (Phi) is 4.11. The lowest BCUT2D eigenvalue weighted by molar-refractivity contribution is 0.0699. The molecule has 0 fully saturated rings. The summed E-state index contributed by atoms with van der Waals surface area (Å²) in [5.74, 6) is -0.336. The van der Waals surface area contributed by atoms with E-state index in [-0.39, 0.29) is 11.5 Å². The number of nitrogens with zero attached hydrogens (tertiary/aromatic N) is 2. The van der Waals surface area contributed by atoms with Crippen molar-refractivity contribution in [2.45, 2.75) is 6.61 Å². The van der Waals surface area contributed by atoms with Crippen LogP contribution in [0.4, 0.5) is 0 Å². The van der Waals surface area contributed by atoms with Crippen molar-refractivity contribution in [1.29, 1.82) is 0 Å². The number of carboxylic acids is 1. The lowest BCUT2D eigenvalue weighted by Gasteiger charge is -2.04. The Labute approximate surface area is 130 Å². The summed E-state index contributed by atoms with van der Waals surface area (Å²) < 4.78 is 5.59. The zero-order valence-electron chi connectivity index (χ0n) is 11.5. The van der Waals surface area contributed by atoms with Gasteiger partial charge in [0.05, 0.1) is 5.69 Å². The van der Waals surface area contributed by atoms with Gasteiger partial charge in [-0.15, -0.1) is 11.3 Å². The molecule has 0 bridgehead atoms. The number of carboxylic acid groups (broad SMARTS) is 1. The van der Waals surface area contributed by atoms with Gasteiger partial charge in [-0.1, -0.05) is 24.3 Å². The summed E-state index contributed by atoms with van der Waals surface area (Å²) in [6.07, 6.45) is 1.65. The van der Waals surface area contributed by atoms with Gasteiger partial charge in [0.25, 0.3) is 0 Å². The summed E-state index contributed by atoms with van der Waals surface area (Å²) in [6, 6.07) is 14.7. The number of aromatic carboxylic acids is 1. The van der Waals surface area contributed by atoms with Crippen molar-refractivity contribution in [2.24, 2.45) is 0 Å². The van der Waals surface area contributed by atoms with Crippen molar-refractivity contribution >= 4 is 17.3 Å². The standard InChI is InChI=1S/C16H12N2O3S/c19-16(20)14-13(10-21-11-6-2-1-3-7-11)18-15(22-14)12-8-4-5-9-17-12/h1-9H,10H2,(H,19,20). The first-order valence-corrected chi connectivity index (χ1v) is 7.38. The normalized spacial score (nSPS) is 10.4. The maximum atomic E-state index is 11.4. The second-order valence-corrected chi connectivity index (χ2v) is 5.42. The van der Waals surface area contributed by atoms with Crippen molar-refractivity contribution in [3.8, 4) is 16.5 Å². The van der Waals surface area contributed by atoms with Gasteiger partial charge in [0.1, 0.15) is 27.9 Å². The number of hydrogen-bond acceptors (Lipinski definition) is 5. The molecule has 0 spiro atoms. The van der Waals surface area contributed by atoms with E-state index >= 15 is 0 Å². The number of para-hydroxylation sites is 1. The number of thiazole rings is 1. The van der Waals surface area contributed by atoms with E-state index in [9.17, 15) is 9.90 Å². The molecule has 0 aliphatic rings. The lowest BCUT2D eigenvalue weighted by atomic mass is 10.3. The average Bonchev–Trinajstić information content (AvgIpc) is 2.99. The van der Waals surface area contributed by atoms with Crippen molar-refractivity contribution in [1.82, 2.24) is 9.97 Å². The van der Waals surface area contributed by atoms with Crippen LogP contribution in [0.3, 0.4) is 0 Å². The number of carbonyl (C=O) groups is 1. The molecule has 110 valence electrons. The summed E-state index contributed by atoms with van der Waals surface area (Å²) in [6.45, 7) is 0.106. The predicted molar refractivity (Wildman–Crippen MR) is 83.1 cm³/mol. The van der Waals surface area contributed by atoms with E-state index in [4.69, 9.17) is 4.74 Å². The molecule has 0 saturated heterocycles.